The van der Waals surface area contributed by atoms with E-state index in [0.29, 0.717) is 24.4 Å². The molecule has 2 aromatic carbocycles. The van der Waals surface area contributed by atoms with Crippen LogP contribution in [0.3, 0.4) is 0 Å². The van der Waals surface area contributed by atoms with Gasteiger partial charge in [0.1, 0.15) is 0 Å². The maximum Gasteiger partial charge on any atom is 0.256 e. The molecule has 206 valence electrons. The van der Waals surface area contributed by atoms with E-state index in [-0.39, 0.29) is 11.7 Å². The second-order valence-corrected chi connectivity index (χ2v) is 10.8. The van der Waals surface area contributed by atoms with Gasteiger partial charge in [0.05, 0.1) is 12.0 Å². The number of thiazole rings is 1. The van der Waals surface area contributed by atoms with Crippen molar-refractivity contribution in [2.75, 3.05) is 11.9 Å². The van der Waals surface area contributed by atoms with Crippen LogP contribution in [0.15, 0.2) is 53.4 Å². The van der Waals surface area contributed by atoms with Crippen LogP contribution in [0.4, 0.5) is 10.1 Å². The number of unbranched alkanes of at least 4 members (excludes halogenated alkanes) is 11. The van der Waals surface area contributed by atoms with Crippen molar-refractivity contribution >= 4 is 22.9 Å². The largest absolute Gasteiger partial charge is 0.491 e. The fraction of sp³-hybridized carbons (Fsp3) is 0.500. The Kier molecular flexibility index (Phi) is 13.3. The van der Waals surface area contributed by atoms with E-state index in [2.05, 4.69) is 22.2 Å². The molecule has 1 heterocycles. The molecule has 0 bridgehead atoms. The molecule has 0 aliphatic rings. The lowest BCUT2D eigenvalue weighted by Crippen LogP contribution is -2.35. The number of nitrogens with one attached hydrogen (secondary N) is 1. The lowest BCUT2D eigenvalue weighted by atomic mass is 10.1. The highest BCUT2D eigenvalue weighted by molar-refractivity contribution is 7.07. The summed E-state index contributed by atoms with van der Waals surface area (Å²) in [5.74, 6) is -0.478. The number of hydrogen-bond acceptors (Lipinski definition) is 3. The molecule has 6 heteroatoms. The van der Waals surface area contributed by atoms with Gasteiger partial charge >= 0.3 is 0 Å². The number of ether oxygens (including phenoxy) is 1. The molecule has 0 fully saturated rings. The van der Waals surface area contributed by atoms with Crippen molar-refractivity contribution < 1.29 is 18.5 Å². The first-order valence-electron chi connectivity index (χ1n) is 14.3. The number of aromatic nitrogens is 1. The number of nitrogens with zero attached hydrogens (tertiary/aromatic N) is 1. The number of rotatable bonds is 18. The van der Waals surface area contributed by atoms with E-state index < -0.39 is 5.82 Å². The van der Waals surface area contributed by atoms with Crippen LogP contribution in [0.2, 0.25) is 0 Å². The van der Waals surface area contributed by atoms with Crippen molar-refractivity contribution in [3.8, 4) is 5.75 Å². The van der Waals surface area contributed by atoms with Gasteiger partial charge in [0, 0.05) is 29.8 Å². The lowest BCUT2D eigenvalue weighted by Gasteiger charge is -2.11. The zero-order chi connectivity index (χ0) is 27.0. The van der Waals surface area contributed by atoms with Gasteiger partial charge in [0.2, 0.25) is 5.51 Å². The van der Waals surface area contributed by atoms with Crippen LogP contribution in [0, 0.1) is 12.7 Å². The van der Waals surface area contributed by atoms with Crippen LogP contribution in [0.5, 0.6) is 5.75 Å². The Balaban J connectivity index is 1.36. The summed E-state index contributed by atoms with van der Waals surface area (Å²) in [7, 11) is 0. The normalized spacial score (nSPS) is 11.0. The molecule has 0 saturated carbocycles. The zero-order valence-electron chi connectivity index (χ0n) is 23.1. The Morgan fingerprint density at radius 3 is 2.21 bits per heavy atom. The highest BCUT2D eigenvalue weighted by Gasteiger charge is 2.17. The molecule has 0 radical (unpaired) electrons. The Bertz CT molecular complexity index is 1110. The minimum atomic E-state index is -0.459. The average molecular weight is 540 g/mol. The molecule has 0 unspecified atom stereocenters. The molecule has 3 rings (SSSR count). The second-order valence-electron chi connectivity index (χ2n) is 10.1. The van der Waals surface area contributed by atoms with E-state index in [4.69, 9.17) is 4.74 Å². The van der Waals surface area contributed by atoms with Crippen molar-refractivity contribution in [2.24, 2.45) is 0 Å². The topological polar surface area (TPSA) is 42.2 Å². The van der Waals surface area contributed by atoms with Crippen LogP contribution in [0.25, 0.3) is 0 Å². The summed E-state index contributed by atoms with van der Waals surface area (Å²) >= 11 is 1.63. The lowest BCUT2D eigenvalue weighted by molar-refractivity contribution is -0.689. The predicted molar refractivity (Wildman–Crippen MR) is 156 cm³/mol. The third kappa shape index (κ3) is 10.2. The first-order chi connectivity index (χ1) is 18.6. The summed E-state index contributed by atoms with van der Waals surface area (Å²) in [5, 5.41) is 4.91. The van der Waals surface area contributed by atoms with Crippen molar-refractivity contribution in [1.82, 2.24) is 0 Å². The van der Waals surface area contributed by atoms with E-state index in [9.17, 15) is 9.18 Å². The number of benzene rings is 2. The van der Waals surface area contributed by atoms with Crippen molar-refractivity contribution in [2.45, 2.75) is 97.4 Å². The van der Waals surface area contributed by atoms with Crippen LogP contribution in [0.1, 0.15) is 106 Å². The van der Waals surface area contributed by atoms with Crippen LogP contribution >= 0.6 is 11.3 Å². The molecule has 4 nitrogen and oxygen atoms in total. The van der Waals surface area contributed by atoms with Gasteiger partial charge in [0.15, 0.2) is 23.8 Å². The zero-order valence-corrected chi connectivity index (χ0v) is 24.0. The quantitative estimate of drug-likeness (QED) is 0.130. The fourth-order valence-electron chi connectivity index (χ4n) is 4.60. The Morgan fingerprint density at radius 2 is 1.58 bits per heavy atom. The van der Waals surface area contributed by atoms with Crippen LogP contribution in [-0.4, -0.2) is 12.5 Å². The molecule has 0 spiro atoms. The van der Waals surface area contributed by atoms with E-state index in [1.165, 1.54) is 70.3 Å². The Labute approximate surface area is 232 Å². The number of amides is 1. The molecule has 0 aliphatic carbocycles. The summed E-state index contributed by atoms with van der Waals surface area (Å²) in [5.41, 5.74) is 5.10. The molecular formula is C32H44FN2O2S+. The predicted octanol–water partition coefficient (Wildman–Crippen LogP) is 8.86. The van der Waals surface area contributed by atoms with E-state index in [1.54, 1.807) is 29.5 Å². The number of halogens is 1. The van der Waals surface area contributed by atoms with Crippen molar-refractivity contribution in [1.29, 1.82) is 0 Å². The first kappa shape index (κ1) is 29.8. The molecule has 1 aromatic heterocycles. The third-order valence-electron chi connectivity index (χ3n) is 6.93. The molecule has 1 N–H and O–H groups in total. The van der Waals surface area contributed by atoms with E-state index in [1.807, 2.05) is 30.6 Å². The standard InChI is InChI=1S/C32H43FN2O2S/c1-3-4-5-6-7-8-9-10-11-12-13-16-21-37-31-20-19-28(22-30(31)33)34-32(36)29-18-15-14-17-27(29)23-35-25-38-24-26(35)2/h14-15,17-20,22,24-25H,3-13,16,21,23H2,1-2H3/p+1. The molecule has 38 heavy (non-hydrogen) atoms. The maximum absolute atomic E-state index is 14.6. The number of carbonyl (C=O) groups excluding carboxylic acids is 1. The number of hydrogen-bond donors (Lipinski definition) is 1. The van der Waals surface area contributed by atoms with Crippen molar-refractivity contribution in [3.63, 3.8) is 0 Å². The van der Waals surface area contributed by atoms with Gasteiger partial charge in [-0.3, -0.25) is 4.79 Å². The first-order valence-corrected chi connectivity index (χ1v) is 15.3. The smallest absolute Gasteiger partial charge is 0.256 e. The molecule has 0 aliphatic heterocycles. The van der Waals surface area contributed by atoms with E-state index >= 15 is 0 Å². The van der Waals surface area contributed by atoms with Gasteiger partial charge in [0.25, 0.3) is 5.91 Å². The molecular weight excluding hydrogens is 495 g/mol. The summed E-state index contributed by atoms with van der Waals surface area (Å²) in [6, 6.07) is 12.1. The van der Waals surface area contributed by atoms with Crippen molar-refractivity contribution in [3.05, 3.63) is 76.0 Å². The minimum Gasteiger partial charge on any atom is -0.491 e. The van der Waals surface area contributed by atoms with Gasteiger partial charge in [-0.25, -0.2) is 4.39 Å². The van der Waals surface area contributed by atoms with Gasteiger partial charge < -0.3 is 10.1 Å². The molecule has 0 saturated heterocycles. The summed E-state index contributed by atoms with van der Waals surface area (Å²) < 4.78 is 22.4. The highest BCUT2D eigenvalue weighted by Crippen LogP contribution is 2.23. The average Bonchev–Trinajstić information content (AvgIpc) is 3.32. The van der Waals surface area contributed by atoms with Gasteiger partial charge in [-0.1, -0.05) is 107 Å². The summed E-state index contributed by atoms with van der Waals surface area (Å²) in [6.07, 6.45) is 15.4. The van der Waals surface area contributed by atoms with Crippen LogP contribution < -0.4 is 14.6 Å². The van der Waals surface area contributed by atoms with Gasteiger partial charge in [-0.05, 0) is 24.6 Å². The fourth-order valence-corrected chi connectivity index (χ4v) is 5.38. The molecule has 0 atom stereocenters. The van der Waals surface area contributed by atoms with Gasteiger partial charge in [-0.15, -0.1) is 0 Å². The molecule has 1 amide bonds. The minimum absolute atomic E-state index is 0.232. The number of carbonyl (C=O) groups is 1. The highest BCUT2D eigenvalue weighted by atomic mass is 32.1. The number of anilines is 1. The second kappa shape index (κ2) is 17.0. The maximum atomic E-state index is 14.6. The van der Waals surface area contributed by atoms with E-state index in [0.717, 1.165) is 24.1 Å². The number of aryl methyl sites for hydroxylation is 1. The molecule has 3 aromatic rings. The SMILES string of the molecule is CCCCCCCCCCCCCCOc1ccc(NC(=O)c2ccccc2C[n+]2cscc2C)cc1F. The summed E-state index contributed by atoms with van der Waals surface area (Å²) in [6.45, 7) is 5.42. The Morgan fingerprint density at radius 1 is 0.921 bits per heavy atom. The van der Waals surface area contributed by atoms with Crippen LogP contribution in [-0.2, 0) is 6.54 Å². The Hall–Kier alpha value is -2.73. The monoisotopic (exact) mass is 539 g/mol. The summed E-state index contributed by atoms with van der Waals surface area (Å²) in [4.78, 5) is 13.0. The third-order valence-corrected chi connectivity index (χ3v) is 7.78. The van der Waals surface area contributed by atoms with Gasteiger partial charge in [-0.2, -0.15) is 4.57 Å².